The lowest BCUT2D eigenvalue weighted by molar-refractivity contribution is -0.246. The van der Waals surface area contributed by atoms with Crippen LogP contribution in [0, 0.1) is 5.92 Å². The fraction of sp³-hybridized carbons (Fsp3) is 0.364. The van der Waals surface area contributed by atoms with Crippen LogP contribution in [-0.2, 0) is 4.74 Å². The maximum absolute atomic E-state index is 10.6. The lowest BCUT2D eigenvalue weighted by Crippen LogP contribution is -2.52. The monoisotopic (exact) mass is 416 g/mol. The van der Waals surface area contributed by atoms with Gasteiger partial charge in [-0.25, -0.2) is 0 Å². The lowest BCUT2D eigenvalue weighted by Gasteiger charge is -2.36. The molecule has 30 heavy (non-hydrogen) atoms. The van der Waals surface area contributed by atoms with Gasteiger partial charge >= 0.3 is 0 Å². The Morgan fingerprint density at radius 3 is 2.60 bits per heavy atom. The van der Waals surface area contributed by atoms with Gasteiger partial charge in [-0.1, -0.05) is 18.2 Å². The SMILES string of the molecule is COc1ccc(/C=C/c2cc(O)cc(OC3OC(CO)C(O)C4CC34O)c2)cc1O. The molecule has 5 unspecified atom stereocenters. The summed E-state index contributed by atoms with van der Waals surface area (Å²) in [5.41, 5.74) is 0.0199. The van der Waals surface area contributed by atoms with Crippen molar-refractivity contribution < 1.29 is 39.7 Å². The highest BCUT2D eigenvalue weighted by molar-refractivity contribution is 5.72. The maximum Gasteiger partial charge on any atom is 0.229 e. The summed E-state index contributed by atoms with van der Waals surface area (Å²) in [4.78, 5) is 0. The molecule has 5 atom stereocenters. The summed E-state index contributed by atoms with van der Waals surface area (Å²) in [6.45, 7) is -0.393. The molecule has 1 saturated carbocycles. The van der Waals surface area contributed by atoms with E-state index in [0.717, 1.165) is 5.56 Å². The Hall–Kier alpha value is -2.78. The van der Waals surface area contributed by atoms with Gasteiger partial charge in [0.1, 0.15) is 23.2 Å². The van der Waals surface area contributed by atoms with E-state index in [1.165, 1.54) is 19.2 Å². The van der Waals surface area contributed by atoms with Crippen LogP contribution < -0.4 is 9.47 Å². The van der Waals surface area contributed by atoms with E-state index in [1.54, 1.807) is 36.4 Å². The number of hydrogen-bond acceptors (Lipinski definition) is 8. The molecule has 1 heterocycles. The van der Waals surface area contributed by atoms with Crippen molar-refractivity contribution in [3.05, 3.63) is 47.5 Å². The van der Waals surface area contributed by atoms with Gasteiger partial charge in [-0.15, -0.1) is 0 Å². The van der Waals surface area contributed by atoms with Gasteiger partial charge in [0.05, 0.1) is 19.8 Å². The molecule has 0 spiro atoms. The summed E-state index contributed by atoms with van der Waals surface area (Å²) in [6.07, 6.45) is 0.912. The Morgan fingerprint density at radius 2 is 1.90 bits per heavy atom. The van der Waals surface area contributed by atoms with Crippen molar-refractivity contribution in [3.63, 3.8) is 0 Å². The predicted octanol–water partition coefficient (Wildman–Crippen LogP) is 1.48. The van der Waals surface area contributed by atoms with Crippen molar-refractivity contribution in [2.75, 3.05) is 13.7 Å². The molecule has 160 valence electrons. The highest BCUT2D eigenvalue weighted by Gasteiger charge is 2.68. The summed E-state index contributed by atoms with van der Waals surface area (Å²) in [6, 6.07) is 9.54. The van der Waals surface area contributed by atoms with E-state index in [4.69, 9.17) is 14.2 Å². The molecular weight excluding hydrogens is 392 g/mol. The molecule has 1 aliphatic heterocycles. The van der Waals surface area contributed by atoms with Crippen LogP contribution in [0.3, 0.4) is 0 Å². The second-order valence-electron chi connectivity index (χ2n) is 7.62. The number of benzene rings is 2. The van der Waals surface area contributed by atoms with Crippen molar-refractivity contribution in [3.8, 4) is 23.0 Å². The number of ether oxygens (including phenoxy) is 3. The van der Waals surface area contributed by atoms with Crippen LogP contribution in [0.5, 0.6) is 23.0 Å². The van der Waals surface area contributed by atoms with E-state index in [-0.39, 0.29) is 17.2 Å². The second kappa shape index (κ2) is 7.81. The summed E-state index contributed by atoms with van der Waals surface area (Å²) in [5, 5.41) is 50.0. The van der Waals surface area contributed by atoms with Crippen LogP contribution in [0.1, 0.15) is 17.5 Å². The number of aromatic hydroxyl groups is 2. The Bertz CT molecular complexity index is 956. The average molecular weight is 416 g/mol. The molecule has 8 nitrogen and oxygen atoms in total. The van der Waals surface area contributed by atoms with E-state index in [0.29, 0.717) is 17.7 Å². The van der Waals surface area contributed by atoms with E-state index >= 15 is 0 Å². The van der Waals surface area contributed by atoms with Crippen LogP contribution in [-0.4, -0.2) is 63.3 Å². The molecule has 8 heteroatoms. The lowest BCUT2D eigenvalue weighted by atomic mass is 10.0. The van der Waals surface area contributed by atoms with Crippen molar-refractivity contribution in [1.29, 1.82) is 0 Å². The van der Waals surface area contributed by atoms with E-state index in [1.807, 2.05) is 0 Å². The van der Waals surface area contributed by atoms with Crippen molar-refractivity contribution in [1.82, 2.24) is 0 Å². The number of aliphatic hydroxyl groups is 3. The molecule has 1 saturated heterocycles. The topological polar surface area (TPSA) is 129 Å². The number of methoxy groups -OCH3 is 1. The van der Waals surface area contributed by atoms with Gasteiger partial charge in [0, 0.05) is 12.0 Å². The molecular formula is C22H24O8. The highest BCUT2D eigenvalue weighted by atomic mass is 16.7. The van der Waals surface area contributed by atoms with Gasteiger partial charge in [-0.3, -0.25) is 0 Å². The number of phenolic OH excluding ortho intramolecular Hbond substituents is 2. The third kappa shape index (κ3) is 3.82. The zero-order valence-corrected chi connectivity index (χ0v) is 16.3. The Balaban J connectivity index is 1.52. The fourth-order valence-corrected chi connectivity index (χ4v) is 3.77. The van der Waals surface area contributed by atoms with Gasteiger partial charge in [0.15, 0.2) is 11.5 Å². The first-order chi connectivity index (χ1) is 14.3. The van der Waals surface area contributed by atoms with Gasteiger partial charge < -0.3 is 39.7 Å². The van der Waals surface area contributed by atoms with E-state index in [2.05, 4.69) is 0 Å². The van der Waals surface area contributed by atoms with Crippen molar-refractivity contribution in [2.24, 2.45) is 5.92 Å². The molecule has 0 radical (unpaired) electrons. The summed E-state index contributed by atoms with van der Waals surface area (Å²) in [5.74, 6) is 0.188. The maximum atomic E-state index is 10.6. The molecule has 2 aromatic rings. The number of fused-ring (bicyclic) bond motifs is 1. The van der Waals surface area contributed by atoms with Crippen LogP contribution in [0.4, 0.5) is 0 Å². The van der Waals surface area contributed by atoms with Gasteiger partial charge in [0.2, 0.25) is 6.29 Å². The first kappa shape index (κ1) is 20.5. The van der Waals surface area contributed by atoms with Crippen LogP contribution >= 0.6 is 0 Å². The van der Waals surface area contributed by atoms with Crippen molar-refractivity contribution >= 4 is 12.2 Å². The normalized spacial score (nSPS) is 30.1. The standard InChI is InChI=1S/C22H24O8/c1-28-18-5-4-12(8-17(18)25)2-3-13-6-14(24)9-15(7-13)29-21-22(27)10-16(22)20(26)19(11-23)30-21/h2-9,16,19-21,23-27H,10-11H2,1H3/b3-2+. The summed E-state index contributed by atoms with van der Waals surface area (Å²) < 4.78 is 16.3. The van der Waals surface area contributed by atoms with Gasteiger partial charge in [0.25, 0.3) is 0 Å². The molecule has 2 fully saturated rings. The summed E-state index contributed by atoms with van der Waals surface area (Å²) >= 11 is 0. The minimum Gasteiger partial charge on any atom is -0.508 e. The minimum atomic E-state index is -1.33. The average Bonchev–Trinajstić information content (AvgIpc) is 3.42. The fourth-order valence-electron chi connectivity index (χ4n) is 3.77. The molecule has 1 aliphatic carbocycles. The van der Waals surface area contributed by atoms with Gasteiger partial charge in [-0.05, 0) is 41.8 Å². The summed E-state index contributed by atoms with van der Waals surface area (Å²) in [7, 11) is 1.47. The quantitative estimate of drug-likeness (QED) is 0.448. The smallest absolute Gasteiger partial charge is 0.229 e. The molecule has 0 bridgehead atoms. The third-order valence-corrected chi connectivity index (χ3v) is 5.54. The second-order valence-corrected chi connectivity index (χ2v) is 7.62. The first-order valence-electron chi connectivity index (χ1n) is 9.56. The predicted molar refractivity (Wildman–Crippen MR) is 107 cm³/mol. The highest BCUT2D eigenvalue weighted by Crippen LogP contribution is 2.54. The zero-order chi connectivity index (χ0) is 21.5. The Labute approximate surface area is 173 Å². The number of phenols is 2. The van der Waals surface area contributed by atoms with Gasteiger partial charge in [-0.2, -0.15) is 0 Å². The number of hydrogen-bond donors (Lipinski definition) is 5. The molecule has 5 N–H and O–H groups in total. The Morgan fingerprint density at radius 1 is 1.13 bits per heavy atom. The molecule has 0 aromatic heterocycles. The first-order valence-corrected chi connectivity index (χ1v) is 9.56. The van der Waals surface area contributed by atoms with Crippen molar-refractivity contribution in [2.45, 2.75) is 30.5 Å². The van der Waals surface area contributed by atoms with Crippen LogP contribution in [0.15, 0.2) is 36.4 Å². The minimum absolute atomic E-state index is 0.0156. The third-order valence-electron chi connectivity index (χ3n) is 5.54. The van der Waals surface area contributed by atoms with Crippen LogP contribution in [0.2, 0.25) is 0 Å². The van der Waals surface area contributed by atoms with E-state index in [9.17, 15) is 25.5 Å². The Kier molecular flexibility index (Phi) is 5.33. The molecule has 2 aliphatic rings. The molecule has 2 aromatic carbocycles. The number of aliphatic hydroxyl groups excluding tert-OH is 2. The van der Waals surface area contributed by atoms with E-state index < -0.39 is 36.6 Å². The largest absolute Gasteiger partial charge is 0.508 e. The van der Waals surface area contributed by atoms with Crippen LogP contribution in [0.25, 0.3) is 12.2 Å². The zero-order valence-electron chi connectivity index (χ0n) is 16.3. The molecule has 0 amide bonds. The molecule has 4 rings (SSSR count). The number of rotatable bonds is 6.